The first-order chi connectivity index (χ1) is 10.1. The number of aromatic nitrogens is 1. The summed E-state index contributed by atoms with van der Waals surface area (Å²) in [5.74, 6) is -0.465. The summed E-state index contributed by atoms with van der Waals surface area (Å²) in [6.07, 6.45) is 2.98. The first-order valence-corrected chi connectivity index (χ1v) is 6.83. The first kappa shape index (κ1) is 13.8. The summed E-state index contributed by atoms with van der Waals surface area (Å²) in [4.78, 5) is 16.2. The standard InChI is InChI=1S/C15H15FN2O3/c16-10-6-4-9(5-7-10)14-13(17-8-21-14)15(20)18-11-2-1-3-12(11)19/h4-8,11-12,19H,1-3H2,(H,18,20). The van der Waals surface area contributed by atoms with E-state index in [1.807, 2.05) is 0 Å². The number of oxazole rings is 1. The van der Waals surface area contributed by atoms with Crippen molar-refractivity contribution < 1.29 is 18.7 Å². The fraction of sp³-hybridized carbons (Fsp3) is 0.333. The summed E-state index contributed by atoms with van der Waals surface area (Å²) in [5.41, 5.74) is 0.715. The monoisotopic (exact) mass is 290 g/mol. The summed E-state index contributed by atoms with van der Waals surface area (Å²) in [7, 11) is 0. The van der Waals surface area contributed by atoms with E-state index in [4.69, 9.17) is 4.42 Å². The van der Waals surface area contributed by atoms with E-state index in [0.717, 1.165) is 12.8 Å². The zero-order chi connectivity index (χ0) is 14.8. The van der Waals surface area contributed by atoms with E-state index < -0.39 is 12.0 Å². The molecule has 2 aromatic rings. The van der Waals surface area contributed by atoms with Crippen molar-refractivity contribution in [1.29, 1.82) is 0 Å². The fourth-order valence-electron chi connectivity index (χ4n) is 2.56. The van der Waals surface area contributed by atoms with E-state index in [0.29, 0.717) is 17.7 Å². The van der Waals surface area contributed by atoms with Crippen LogP contribution in [0.4, 0.5) is 4.39 Å². The third-order valence-corrected chi connectivity index (χ3v) is 3.68. The van der Waals surface area contributed by atoms with Crippen LogP contribution in [0.25, 0.3) is 11.3 Å². The smallest absolute Gasteiger partial charge is 0.274 e. The largest absolute Gasteiger partial charge is 0.443 e. The lowest BCUT2D eigenvalue weighted by molar-refractivity contribution is 0.0869. The van der Waals surface area contributed by atoms with Gasteiger partial charge in [0.2, 0.25) is 0 Å². The van der Waals surface area contributed by atoms with Gasteiger partial charge in [-0.3, -0.25) is 4.79 Å². The number of rotatable bonds is 3. The van der Waals surface area contributed by atoms with Crippen LogP contribution in [-0.2, 0) is 0 Å². The van der Waals surface area contributed by atoms with E-state index in [-0.39, 0.29) is 17.6 Å². The van der Waals surface area contributed by atoms with Gasteiger partial charge in [-0.1, -0.05) is 0 Å². The van der Waals surface area contributed by atoms with Crippen molar-refractivity contribution in [2.24, 2.45) is 0 Å². The average molecular weight is 290 g/mol. The number of aliphatic hydroxyl groups is 1. The van der Waals surface area contributed by atoms with Crippen molar-refractivity contribution in [3.05, 3.63) is 42.2 Å². The van der Waals surface area contributed by atoms with Crippen LogP contribution in [0.3, 0.4) is 0 Å². The van der Waals surface area contributed by atoms with Gasteiger partial charge in [-0.15, -0.1) is 0 Å². The second kappa shape index (κ2) is 5.65. The number of halogens is 1. The number of nitrogens with zero attached hydrogens (tertiary/aromatic N) is 1. The SMILES string of the molecule is O=C(NC1CCCC1O)c1ncoc1-c1ccc(F)cc1. The van der Waals surface area contributed by atoms with Crippen molar-refractivity contribution in [2.45, 2.75) is 31.4 Å². The molecule has 110 valence electrons. The van der Waals surface area contributed by atoms with Crippen molar-refractivity contribution in [3.63, 3.8) is 0 Å². The Kier molecular flexibility index (Phi) is 3.70. The van der Waals surface area contributed by atoms with Crippen molar-refractivity contribution in [1.82, 2.24) is 10.3 Å². The molecule has 0 radical (unpaired) electrons. The van der Waals surface area contributed by atoms with Gasteiger partial charge in [-0.05, 0) is 43.5 Å². The number of aliphatic hydroxyl groups excluding tert-OH is 1. The quantitative estimate of drug-likeness (QED) is 0.908. The molecule has 0 saturated heterocycles. The number of carbonyl (C=O) groups excluding carboxylic acids is 1. The lowest BCUT2D eigenvalue weighted by Crippen LogP contribution is -2.40. The molecular formula is C15H15FN2O3. The molecule has 1 saturated carbocycles. The van der Waals surface area contributed by atoms with Crippen LogP contribution in [0.15, 0.2) is 35.1 Å². The minimum Gasteiger partial charge on any atom is -0.443 e. The molecule has 0 spiro atoms. The summed E-state index contributed by atoms with van der Waals surface area (Å²) < 4.78 is 18.2. The second-order valence-corrected chi connectivity index (χ2v) is 5.12. The summed E-state index contributed by atoms with van der Waals surface area (Å²) in [6, 6.07) is 5.38. The molecule has 5 nitrogen and oxygen atoms in total. The molecule has 0 aliphatic heterocycles. The minimum absolute atomic E-state index is 0.140. The topological polar surface area (TPSA) is 75.4 Å². The van der Waals surface area contributed by atoms with Crippen LogP contribution < -0.4 is 5.32 Å². The van der Waals surface area contributed by atoms with E-state index in [1.54, 1.807) is 0 Å². The molecule has 2 N–H and O–H groups in total. The zero-order valence-electron chi connectivity index (χ0n) is 11.3. The van der Waals surface area contributed by atoms with Gasteiger partial charge in [-0.2, -0.15) is 0 Å². The number of benzene rings is 1. The van der Waals surface area contributed by atoms with Gasteiger partial charge >= 0.3 is 0 Å². The zero-order valence-corrected chi connectivity index (χ0v) is 11.3. The molecular weight excluding hydrogens is 275 g/mol. The number of carbonyl (C=O) groups is 1. The van der Waals surface area contributed by atoms with Gasteiger partial charge in [0.15, 0.2) is 17.8 Å². The average Bonchev–Trinajstić information content (AvgIpc) is 3.09. The first-order valence-electron chi connectivity index (χ1n) is 6.83. The summed E-state index contributed by atoms with van der Waals surface area (Å²) >= 11 is 0. The van der Waals surface area contributed by atoms with E-state index in [9.17, 15) is 14.3 Å². The summed E-state index contributed by atoms with van der Waals surface area (Å²) in [6.45, 7) is 0. The minimum atomic E-state index is -0.518. The fourth-order valence-corrected chi connectivity index (χ4v) is 2.56. The van der Waals surface area contributed by atoms with Gasteiger partial charge in [0.1, 0.15) is 5.82 Å². The maximum absolute atomic E-state index is 12.9. The molecule has 21 heavy (non-hydrogen) atoms. The molecule has 3 rings (SSSR count). The third kappa shape index (κ3) is 2.80. The molecule has 1 aliphatic carbocycles. The molecule has 1 amide bonds. The highest BCUT2D eigenvalue weighted by Crippen LogP contribution is 2.24. The summed E-state index contributed by atoms with van der Waals surface area (Å²) in [5, 5.41) is 12.5. The van der Waals surface area contributed by atoms with Gasteiger partial charge < -0.3 is 14.8 Å². The van der Waals surface area contributed by atoms with Crippen LogP contribution in [0, 0.1) is 5.82 Å². The number of amides is 1. The highest BCUT2D eigenvalue weighted by molar-refractivity contribution is 5.97. The van der Waals surface area contributed by atoms with Gasteiger partial charge in [0.25, 0.3) is 5.91 Å². The van der Waals surface area contributed by atoms with Crippen LogP contribution >= 0.6 is 0 Å². The molecule has 1 heterocycles. The van der Waals surface area contributed by atoms with Gasteiger partial charge in [-0.25, -0.2) is 9.37 Å². The van der Waals surface area contributed by atoms with Crippen LogP contribution in [0.5, 0.6) is 0 Å². The van der Waals surface area contributed by atoms with Crippen molar-refractivity contribution in [3.8, 4) is 11.3 Å². The molecule has 2 atom stereocenters. The molecule has 1 aliphatic rings. The van der Waals surface area contributed by atoms with E-state index in [1.165, 1.54) is 30.7 Å². The Hall–Kier alpha value is -2.21. The Balaban J connectivity index is 1.81. The second-order valence-electron chi connectivity index (χ2n) is 5.12. The lowest BCUT2D eigenvalue weighted by Gasteiger charge is -2.15. The number of nitrogens with one attached hydrogen (secondary N) is 1. The molecule has 1 aromatic heterocycles. The predicted molar refractivity (Wildman–Crippen MR) is 73.0 cm³/mol. The molecule has 2 unspecified atom stereocenters. The molecule has 0 bridgehead atoms. The van der Waals surface area contributed by atoms with Crippen LogP contribution in [0.2, 0.25) is 0 Å². The lowest BCUT2D eigenvalue weighted by atomic mass is 10.1. The third-order valence-electron chi connectivity index (χ3n) is 3.68. The van der Waals surface area contributed by atoms with Crippen LogP contribution in [0.1, 0.15) is 29.8 Å². The Morgan fingerprint density at radius 3 is 2.76 bits per heavy atom. The number of hydrogen-bond donors (Lipinski definition) is 2. The Labute approximate surface area is 120 Å². The maximum Gasteiger partial charge on any atom is 0.274 e. The maximum atomic E-state index is 12.9. The highest BCUT2D eigenvalue weighted by Gasteiger charge is 2.28. The Morgan fingerprint density at radius 1 is 1.33 bits per heavy atom. The number of hydrogen-bond acceptors (Lipinski definition) is 4. The van der Waals surface area contributed by atoms with E-state index in [2.05, 4.69) is 10.3 Å². The molecule has 1 fully saturated rings. The normalized spacial score (nSPS) is 21.4. The van der Waals surface area contributed by atoms with Gasteiger partial charge in [0, 0.05) is 5.56 Å². The Bertz CT molecular complexity index is 639. The van der Waals surface area contributed by atoms with Crippen LogP contribution in [-0.4, -0.2) is 28.1 Å². The van der Waals surface area contributed by atoms with E-state index >= 15 is 0 Å². The predicted octanol–water partition coefficient (Wildman–Crippen LogP) is 2.12. The van der Waals surface area contributed by atoms with Gasteiger partial charge in [0.05, 0.1) is 12.1 Å². The van der Waals surface area contributed by atoms with Crippen molar-refractivity contribution in [2.75, 3.05) is 0 Å². The highest BCUT2D eigenvalue weighted by atomic mass is 19.1. The Morgan fingerprint density at radius 2 is 2.10 bits per heavy atom. The van der Waals surface area contributed by atoms with Crippen molar-refractivity contribution >= 4 is 5.91 Å². The molecule has 1 aromatic carbocycles. The molecule has 6 heteroatoms.